The van der Waals surface area contributed by atoms with E-state index in [1.807, 2.05) is 20.8 Å². The van der Waals surface area contributed by atoms with Crippen molar-refractivity contribution in [2.45, 2.75) is 30.6 Å². The number of halogens is 1. The molecule has 1 N–H and O–H groups in total. The molecule has 0 amide bonds. The van der Waals surface area contributed by atoms with Crippen LogP contribution in [0.2, 0.25) is 0 Å². The van der Waals surface area contributed by atoms with E-state index in [1.54, 1.807) is 0 Å². The Balaban J connectivity index is 3.10. The van der Waals surface area contributed by atoms with Crippen LogP contribution in [0.1, 0.15) is 20.8 Å². The molecule has 0 saturated carbocycles. The van der Waals surface area contributed by atoms with Crippen LogP contribution in [-0.4, -0.2) is 23.4 Å². The van der Waals surface area contributed by atoms with Crippen molar-refractivity contribution in [3.63, 3.8) is 0 Å². The lowest BCUT2D eigenvalue weighted by Crippen LogP contribution is -2.32. The first kappa shape index (κ1) is 16.1. The maximum atomic E-state index is 12.8. The van der Waals surface area contributed by atoms with E-state index in [2.05, 4.69) is 4.72 Å². The van der Waals surface area contributed by atoms with E-state index in [0.29, 0.717) is 0 Å². The zero-order valence-corrected chi connectivity index (χ0v) is 12.5. The molecule has 0 unspecified atom stereocenters. The van der Waals surface area contributed by atoms with Crippen molar-refractivity contribution in [1.82, 2.24) is 4.72 Å². The van der Waals surface area contributed by atoms with Crippen LogP contribution in [-0.2, 0) is 20.2 Å². The highest BCUT2D eigenvalue weighted by molar-refractivity contribution is 7.89. The fraction of sp³-hybridized carbons (Fsp3) is 0.455. The second-order valence-electron chi connectivity index (χ2n) is 5.30. The summed E-state index contributed by atoms with van der Waals surface area (Å²) in [5.41, 5.74) is -0.267. The normalized spacial score (nSPS) is 13.5. The quantitative estimate of drug-likeness (QED) is 0.858. The highest BCUT2D eigenvalue weighted by atomic mass is 32.3. The van der Waals surface area contributed by atoms with E-state index in [9.17, 15) is 20.7 Å². The summed E-state index contributed by atoms with van der Waals surface area (Å²) in [6.45, 7) is 5.72. The lowest BCUT2D eigenvalue weighted by molar-refractivity contribution is 0.407. The number of hydrogen-bond acceptors (Lipinski definition) is 4. The van der Waals surface area contributed by atoms with Gasteiger partial charge in [0.25, 0.3) is 0 Å². The van der Waals surface area contributed by atoms with Crippen LogP contribution in [0.3, 0.4) is 0 Å². The average Bonchev–Trinajstić information content (AvgIpc) is 2.25. The van der Waals surface area contributed by atoms with E-state index in [4.69, 9.17) is 0 Å². The van der Waals surface area contributed by atoms with Crippen molar-refractivity contribution in [3.05, 3.63) is 24.3 Å². The van der Waals surface area contributed by atoms with Crippen LogP contribution in [0.4, 0.5) is 3.89 Å². The van der Waals surface area contributed by atoms with Crippen LogP contribution in [0.15, 0.2) is 34.1 Å². The van der Waals surface area contributed by atoms with Gasteiger partial charge in [-0.05, 0) is 23.6 Å². The van der Waals surface area contributed by atoms with E-state index < -0.39 is 25.1 Å². The molecule has 0 aliphatic heterocycles. The van der Waals surface area contributed by atoms with Crippen LogP contribution in [0.5, 0.6) is 0 Å². The molecule has 8 heteroatoms. The molecule has 0 atom stereocenters. The molecule has 0 aliphatic rings. The molecule has 108 valence electrons. The zero-order valence-electron chi connectivity index (χ0n) is 10.8. The summed E-state index contributed by atoms with van der Waals surface area (Å²) in [5, 5.41) is 0. The van der Waals surface area contributed by atoms with Crippen molar-refractivity contribution >= 4 is 20.2 Å². The minimum atomic E-state index is -4.92. The third-order valence-corrected chi connectivity index (χ3v) is 4.41. The Morgan fingerprint density at radius 1 is 1.11 bits per heavy atom. The van der Waals surface area contributed by atoms with Crippen molar-refractivity contribution in [2.75, 3.05) is 6.54 Å². The van der Waals surface area contributed by atoms with Gasteiger partial charge in [0, 0.05) is 6.54 Å². The van der Waals surface area contributed by atoms with E-state index in [1.165, 1.54) is 12.1 Å². The summed E-state index contributed by atoms with van der Waals surface area (Å²) in [5.74, 6) is 0. The van der Waals surface area contributed by atoms with Gasteiger partial charge in [0.15, 0.2) is 0 Å². The second kappa shape index (κ2) is 5.18. The second-order valence-corrected chi connectivity index (χ2v) is 8.41. The number of sulfonamides is 1. The Hall–Kier alpha value is -0.990. The summed E-state index contributed by atoms with van der Waals surface area (Å²) in [4.78, 5) is -0.957. The van der Waals surface area contributed by atoms with Gasteiger partial charge in [-0.25, -0.2) is 13.1 Å². The largest absolute Gasteiger partial charge is 0.332 e. The maximum absolute atomic E-state index is 12.8. The fourth-order valence-corrected chi connectivity index (χ4v) is 3.10. The minimum Gasteiger partial charge on any atom is -0.211 e. The molecule has 19 heavy (non-hydrogen) atoms. The number of hydrogen-bond donors (Lipinski definition) is 1. The van der Waals surface area contributed by atoms with Crippen molar-refractivity contribution < 1.29 is 20.7 Å². The summed E-state index contributed by atoms with van der Waals surface area (Å²) >= 11 is 0. The van der Waals surface area contributed by atoms with Crippen LogP contribution < -0.4 is 4.72 Å². The average molecular weight is 309 g/mol. The molecule has 1 rings (SSSR count). The Labute approximate surface area is 113 Å². The molecule has 0 aromatic heterocycles. The van der Waals surface area contributed by atoms with Gasteiger partial charge in [-0.2, -0.15) is 8.42 Å². The summed E-state index contributed by atoms with van der Waals surface area (Å²) in [7, 11) is -8.78. The first-order valence-electron chi connectivity index (χ1n) is 5.46. The molecule has 0 spiro atoms. The number of rotatable bonds is 4. The Morgan fingerprint density at radius 3 is 2.11 bits per heavy atom. The molecule has 0 saturated heterocycles. The monoisotopic (exact) mass is 309 g/mol. The van der Waals surface area contributed by atoms with Crippen LogP contribution in [0.25, 0.3) is 0 Å². The lowest BCUT2D eigenvalue weighted by Gasteiger charge is -2.18. The SMILES string of the molecule is CC(C)(C)CNS(=O)(=O)c1cccc(S(=O)(=O)F)c1. The molecule has 0 heterocycles. The summed E-state index contributed by atoms with van der Waals surface area (Å²) in [6, 6.07) is 4.18. The smallest absolute Gasteiger partial charge is 0.211 e. The standard InChI is InChI=1S/C11H16FNO4S2/c1-11(2,3)8-13-19(16,17)10-6-4-5-9(7-10)18(12,14)15/h4-7,13H,8H2,1-3H3. The Kier molecular flexibility index (Phi) is 4.38. The molecular formula is C11H16FNO4S2. The first-order chi connectivity index (χ1) is 8.42. The van der Waals surface area contributed by atoms with Gasteiger partial charge >= 0.3 is 10.2 Å². The molecule has 1 aromatic carbocycles. The lowest BCUT2D eigenvalue weighted by atomic mass is 9.98. The van der Waals surface area contributed by atoms with Gasteiger partial charge in [-0.15, -0.1) is 3.89 Å². The molecular weight excluding hydrogens is 293 g/mol. The van der Waals surface area contributed by atoms with Crippen LogP contribution >= 0.6 is 0 Å². The van der Waals surface area contributed by atoms with Crippen LogP contribution in [0, 0.1) is 5.41 Å². The highest BCUT2D eigenvalue weighted by Crippen LogP contribution is 2.18. The third kappa shape index (κ3) is 4.88. The number of nitrogens with one attached hydrogen (secondary N) is 1. The summed E-state index contributed by atoms with van der Waals surface area (Å²) in [6.07, 6.45) is 0. The van der Waals surface area contributed by atoms with Gasteiger partial charge < -0.3 is 0 Å². The predicted molar refractivity (Wildman–Crippen MR) is 69.4 cm³/mol. The highest BCUT2D eigenvalue weighted by Gasteiger charge is 2.21. The third-order valence-electron chi connectivity index (χ3n) is 2.19. The van der Waals surface area contributed by atoms with Crippen molar-refractivity contribution in [1.29, 1.82) is 0 Å². The number of benzene rings is 1. The Morgan fingerprint density at radius 2 is 1.63 bits per heavy atom. The zero-order chi connectivity index (χ0) is 14.9. The first-order valence-corrected chi connectivity index (χ1v) is 8.33. The summed E-state index contributed by atoms with van der Waals surface area (Å²) < 4.78 is 60.5. The van der Waals surface area contributed by atoms with E-state index in [0.717, 1.165) is 12.1 Å². The van der Waals surface area contributed by atoms with Gasteiger partial charge in [-0.1, -0.05) is 26.8 Å². The molecule has 0 fully saturated rings. The molecule has 5 nitrogen and oxygen atoms in total. The minimum absolute atomic E-state index is 0.182. The Bertz CT molecular complexity index is 660. The van der Waals surface area contributed by atoms with Crippen molar-refractivity contribution in [3.8, 4) is 0 Å². The topological polar surface area (TPSA) is 80.3 Å². The van der Waals surface area contributed by atoms with Gasteiger partial charge in [0.1, 0.15) is 0 Å². The maximum Gasteiger partial charge on any atom is 0.332 e. The van der Waals surface area contributed by atoms with E-state index in [-0.39, 0.29) is 16.9 Å². The van der Waals surface area contributed by atoms with Gasteiger partial charge in [0.2, 0.25) is 10.0 Å². The molecule has 0 radical (unpaired) electrons. The molecule has 1 aromatic rings. The van der Waals surface area contributed by atoms with Gasteiger partial charge in [-0.3, -0.25) is 0 Å². The van der Waals surface area contributed by atoms with Gasteiger partial charge in [0.05, 0.1) is 9.79 Å². The fourth-order valence-electron chi connectivity index (χ4n) is 1.19. The molecule has 0 bridgehead atoms. The predicted octanol–water partition coefficient (Wildman–Crippen LogP) is 1.67. The molecule has 0 aliphatic carbocycles. The van der Waals surface area contributed by atoms with E-state index >= 15 is 0 Å². The van der Waals surface area contributed by atoms with Crippen molar-refractivity contribution in [2.24, 2.45) is 5.41 Å².